The highest BCUT2D eigenvalue weighted by Gasteiger charge is 2.12. The highest BCUT2D eigenvalue weighted by atomic mass is 35.5. The third kappa shape index (κ3) is 1.47. The molecule has 3 rings (SSSR count). The lowest BCUT2D eigenvalue weighted by Crippen LogP contribution is -2.02. The van der Waals surface area contributed by atoms with E-state index in [0.717, 1.165) is 5.39 Å². The van der Waals surface area contributed by atoms with E-state index in [2.05, 4.69) is 18.2 Å². The number of hydrogen-bond donors (Lipinski definition) is 1. The molecule has 2 heteroatoms. The Balaban J connectivity index is 2.31. The topological polar surface area (TPSA) is 26.0 Å². The summed E-state index contributed by atoms with van der Waals surface area (Å²) in [4.78, 5) is 0. The number of halogens is 1. The molecule has 0 unspecified atom stereocenters. The predicted molar refractivity (Wildman–Crippen MR) is 70.0 cm³/mol. The molecule has 0 spiro atoms. The molecule has 0 heterocycles. The summed E-state index contributed by atoms with van der Waals surface area (Å²) >= 11 is 6.24. The first-order chi connectivity index (χ1) is 7.75. The summed E-state index contributed by atoms with van der Waals surface area (Å²) in [5.41, 5.74) is 9.44. The maximum atomic E-state index is 6.24. The number of rotatable bonds is 0. The van der Waals surface area contributed by atoms with E-state index < -0.39 is 0 Å². The largest absolute Gasteiger partial charge is 0.398 e. The van der Waals surface area contributed by atoms with Crippen LogP contribution in [0.2, 0.25) is 5.02 Å². The van der Waals surface area contributed by atoms with Crippen molar-refractivity contribution in [1.82, 2.24) is 0 Å². The van der Waals surface area contributed by atoms with Crippen molar-refractivity contribution in [3.05, 3.63) is 40.4 Å². The van der Waals surface area contributed by atoms with E-state index in [-0.39, 0.29) is 0 Å². The lowest BCUT2D eigenvalue weighted by Gasteiger charge is -2.17. The van der Waals surface area contributed by atoms with Crippen molar-refractivity contribution in [1.29, 1.82) is 0 Å². The van der Waals surface area contributed by atoms with Gasteiger partial charge in [0.25, 0.3) is 0 Å². The third-order valence-electron chi connectivity index (χ3n) is 3.45. The zero-order chi connectivity index (χ0) is 11.1. The Morgan fingerprint density at radius 1 is 1.00 bits per heavy atom. The van der Waals surface area contributed by atoms with Crippen molar-refractivity contribution in [2.45, 2.75) is 25.7 Å². The van der Waals surface area contributed by atoms with Gasteiger partial charge in [0, 0.05) is 5.39 Å². The number of nitrogen functional groups attached to an aromatic ring is 1. The van der Waals surface area contributed by atoms with Gasteiger partial charge in [-0.15, -0.1) is 0 Å². The Bertz CT molecular complexity index is 560. The lowest BCUT2D eigenvalue weighted by molar-refractivity contribution is 0.687. The minimum absolute atomic E-state index is 0.671. The minimum atomic E-state index is 0.671. The molecule has 1 nitrogen and oxygen atoms in total. The van der Waals surface area contributed by atoms with Crippen LogP contribution < -0.4 is 5.73 Å². The summed E-state index contributed by atoms with van der Waals surface area (Å²) in [5.74, 6) is 0. The Labute approximate surface area is 100 Å². The monoisotopic (exact) mass is 231 g/mol. The number of nitrogens with two attached hydrogens (primary N) is 1. The van der Waals surface area contributed by atoms with Crippen LogP contribution in [-0.2, 0) is 12.8 Å². The lowest BCUT2D eigenvalue weighted by atomic mass is 9.89. The summed E-state index contributed by atoms with van der Waals surface area (Å²) in [6, 6.07) is 8.45. The van der Waals surface area contributed by atoms with Gasteiger partial charge in [-0.3, -0.25) is 0 Å². The normalized spacial score (nSPS) is 15.1. The van der Waals surface area contributed by atoms with Crippen LogP contribution in [0.1, 0.15) is 24.0 Å². The van der Waals surface area contributed by atoms with Crippen molar-refractivity contribution in [3.8, 4) is 0 Å². The van der Waals surface area contributed by atoms with E-state index in [9.17, 15) is 0 Å². The smallest absolute Gasteiger partial charge is 0.0713 e. The van der Waals surface area contributed by atoms with Gasteiger partial charge < -0.3 is 5.73 Å². The van der Waals surface area contributed by atoms with E-state index in [1.54, 1.807) is 0 Å². The van der Waals surface area contributed by atoms with Crippen LogP contribution in [0.4, 0.5) is 5.69 Å². The predicted octanol–water partition coefficient (Wildman–Crippen LogP) is 3.95. The number of aryl methyl sites for hydroxylation is 2. The SMILES string of the molecule is Nc1ccc2cc3c(cc2c1Cl)CCCC3. The van der Waals surface area contributed by atoms with E-state index in [1.807, 2.05) is 6.07 Å². The summed E-state index contributed by atoms with van der Waals surface area (Å²) in [5, 5.41) is 3.01. The number of hydrogen-bond acceptors (Lipinski definition) is 1. The first-order valence-corrected chi connectivity index (χ1v) is 6.13. The average Bonchev–Trinajstić information content (AvgIpc) is 2.32. The molecule has 2 N–H and O–H groups in total. The molecule has 0 aromatic heterocycles. The van der Waals surface area contributed by atoms with E-state index in [0.29, 0.717) is 10.7 Å². The summed E-state index contributed by atoms with van der Waals surface area (Å²) in [7, 11) is 0. The number of anilines is 1. The van der Waals surface area contributed by atoms with Gasteiger partial charge in [0.1, 0.15) is 0 Å². The first kappa shape index (κ1) is 9.98. The van der Waals surface area contributed by atoms with E-state index in [4.69, 9.17) is 17.3 Å². The first-order valence-electron chi connectivity index (χ1n) is 5.75. The quantitative estimate of drug-likeness (QED) is 0.683. The molecular weight excluding hydrogens is 218 g/mol. The van der Waals surface area contributed by atoms with Gasteiger partial charge in [0.2, 0.25) is 0 Å². The van der Waals surface area contributed by atoms with E-state index >= 15 is 0 Å². The van der Waals surface area contributed by atoms with Crippen LogP contribution in [0.5, 0.6) is 0 Å². The molecule has 0 radical (unpaired) electrons. The number of fused-ring (bicyclic) bond motifs is 2. The van der Waals surface area contributed by atoms with Gasteiger partial charge >= 0.3 is 0 Å². The summed E-state index contributed by atoms with van der Waals surface area (Å²) in [6.45, 7) is 0. The molecule has 1 aliphatic carbocycles. The minimum Gasteiger partial charge on any atom is -0.398 e. The Hall–Kier alpha value is -1.21. The van der Waals surface area contributed by atoms with Gasteiger partial charge in [-0.1, -0.05) is 23.7 Å². The molecular formula is C14H14ClN. The molecule has 0 saturated carbocycles. The second kappa shape index (κ2) is 3.67. The van der Waals surface area contributed by atoms with Crippen LogP contribution >= 0.6 is 11.6 Å². The Morgan fingerprint density at radius 2 is 1.69 bits per heavy atom. The second-order valence-corrected chi connectivity index (χ2v) is 4.90. The Morgan fingerprint density at radius 3 is 2.44 bits per heavy atom. The van der Waals surface area contributed by atoms with Gasteiger partial charge in [0.05, 0.1) is 10.7 Å². The highest BCUT2D eigenvalue weighted by Crippen LogP contribution is 2.33. The fourth-order valence-electron chi connectivity index (χ4n) is 2.54. The fraction of sp³-hybridized carbons (Fsp3) is 0.286. The van der Waals surface area contributed by atoms with E-state index in [1.165, 1.54) is 42.2 Å². The molecule has 82 valence electrons. The molecule has 0 bridgehead atoms. The van der Waals surface area contributed by atoms with Crippen molar-refractivity contribution in [3.63, 3.8) is 0 Å². The average molecular weight is 232 g/mol. The molecule has 0 aliphatic heterocycles. The zero-order valence-electron chi connectivity index (χ0n) is 9.09. The van der Waals surface area contributed by atoms with Crippen LogP contribution in [0, 0.1) is 0 Å². The van der Waals surface area contributed by atoms with Crippen LogP contribution in [-0.4, -0.2) is 0 Å². The van der Waals surface area contributed by atoms with Crippen molar-refractivity contribution in [2.24, 2.45) is 0 Å². The molecule has 2 aromatic rings. The summed E-state index contributed by atoms with van der Waals surface area (Å²) in [6.07, 6.45) is 4.98. The maximum absolute atomic E-state index is 6.24. The van der Waals surface area contributed by atoms with Crippen molar-refractivity contribution >= 4 is 28.1 Å². The zero-order valence-corrected chi connectivity index (χ0v) is 9.85. The molecule has 0 atom stereocenters. The second-order valence-electron chi connectivity index (χ2n) is 4.52. The third-order valence-corrected chi connectivity index (χ3v) is 3.87. The summed E-state index contributed by atoms with van der Waals surface area (Å²) < 4.78 is 0. The van der Waals surface area contributed by atoms with Crippen LogP contribution in [0.25, 0.3) is 10.8 Å². The van der Waals surface area contributed by atoms with Crippen LogP contribution in [0.15, 0.2) is 24.3 Å². The fourth-order valence-corrected chi connectivity index (χ4v) is 2.77. The van der Waals surface area contributed by atoms with Crippen molar-refractivity contribution < 1.29 is 0 Å². The number of benzene rings is 2. The molecule has 1 aliphatic rings. The molecule has 16 heavy (non-hydrogen) atoms. The molecule has 2 aromatic carbocycles. The van der Waals surface area contributed by atoms with Crippen molar-refractivity contribution in [2.75, 3.05) is 5.73 Å². The Kier molecular flexibility index (Phi) is 2.29. The molecule has 0 saturated heterocycles. The van der Waals surface area contributed by atoms with Gasteiger partial charge in [-0.25, -0.2) is 0 Å². The molecule has 0 amide bonds. The maximum Gasteiger partial charge on any atom is 0.0713 e. The standard InChI is InChI=1S/C14H14ClN/c15-14-12-8-10-4-2-1-3-9(10)7-11(12)5-6-13(14)16/h5-8H,1-4,16H2. The van der Waals surface area contributed by atoms with Gasteiger partial charge in [-0.2, -0.15) is 0 Å². The van der Waals surface area contributed by atoms with Gasteiger partial charge in [-0.05, 0) is 54.3 Å². The highest BCUT2D eigenvalue weighted by molar-refractivity contribution is 6.38. The van der Waals surface area contributed by atoms with Gasteiger partial charge in [0.15, 0.2) is 0 Å². The molecule has 0 fully saturated rings. The van der Waals surface area contributed by atoms with Crippen LogP contribution in [0.3, 0.4) is 0 Å².